The zero-order chi connectivity index (χ0) is 17.8. The van der Waals surface area contributed by atoms with E-state index in [1.54, 1.807) is 24.2 Å². The molecule has 0 spiro atoms. The highest BCUT2D eigenvalue weighted by Gasteiger charge is 2.23. The van der Waals surface area contributed by atoms with Crippen LogP contribution >= 0.6 is 11.6 Å². The summed E-state index contributed by atoms with van der Waals surface area (Å²) in [4.78, 5) is 30.0. The highest BCUT2D eigenvalue weighted by atomic mass is 35.5. The molecule has 0 saturated carbocycles. The van der Waals surface area contributed by atoms with Crippen LogP contribution in [0.25, 0.3) is 0 Å². The van der Waals surface area contributed by atoms with E-state index in [1.165, 1.54) is 0 Å². The van der Waals surface area contributed by atoms with Gasteiger partial charge in [-0.1, -0.05) is 23.7 Å². The van der Waals surface area contributed by atoms with E-state index in [0.717, 1.165) is 23.1 Å². The number of nitrogens with one attached hydrogen (secondary N) is 1. The Morgan fingerprint density at radius 3 is 2.72 bits per heavy atom. The Bertz CT molecular complexity index is 790. The van der Waals surface area contributed by atoms with Crippen LogP contribution < -0.4 is 5.32 Å². The molecular formula is C19H20ClN3O2. The molecule has 130 valence electrons. The highest BCUT2D eigenvalue weighted by Crippen LogP contribution is 2.21. The van der Waals surface area contributed by atoms with Crippen molar-refractivity contribution in [3.63, 3.8) is 0 Å². The van der Waals surface area contributed by atoms with Gasteiger partial charge >= 0.3 is 0 Å². The first-order valence-electron chi connectivity index (χ1n) is 8.28. The minimum absolute atomic E-state index is 0.0449. The van der Waals surface area contributed by atoms with Crippen molar-refractivity contribution in [3.8, 4) is 0 Å². The van der Waals surface area contributed by atoms with Crippen molar-refractivity contribution in [2.24, 2.45) is 0 Å². The van der Waals surface area contributed by atoms with Crippen molar-refractivity contribution >= 4 is 23.4 Å². The summed E-state index contributed by atoms with van der Waals surface area (Å²) in [5.74, 6) is -0.0712. The molecule has 0 atom stereocenters. The second kappa shape index (κ2) is 7.66. The van der Waals surface area contributed by atoms with Gasteiger partial charge in [0.05, 0.1) is 5.56 Å². The molecule has 6 heteroatoms. The second-order valence-electron chi connectivity index (χ2n) is 6.15. The average molecular weight is 358 g/mol. The van der Waals surface area contributed by atoms with Crippen molar-refractivity contribution in [1.82, 2.24) is 15.2 Å². The minimum atomic E-state index is -0.116. The van der Waals surface area contributed by atoms with Crippen molar-refractivity contribution in [1.29, 1.82) is 0 Å². The van der Waals surface area contributed by atoms with E-state index in [4.69, 9.17) is 11.6 Å². The summed E-state index contributed by atoms with van der Waals surface area (Å²) in [6.07, 6.45) is 4.77. The van der Waals surface area contributed by atoms with Crippen LogP contribution in [0.1, 0.15) is 34.0 Å². The number of aromatic nitrogens is 1. The fraction of sp³-hybridized carbons (Fsp3) is 0.316. The van der Waals surface area contributed by atoms with Crippen LogP contribution in [0.4, 0.5) is 0 Å². The third-order valence-corrected chi connectivity index (χ3v) is 4.69. The lowest BCUT2D eigenvalue weighted by Crippen LogP contribution is -2.36. The predicted octanol–water partition coefficient (Wildman–Crippen LogP) is 2.61. The first-order valence-corrected chi connectivity index (χ1v) is 8.66. The predicted molar refractivity (Wildman–Crippen MR) is 96.5 cm³/mol. The van der Waals surface area contributed by atoms with Crippen molar-refractivity contribution in [2.45, 2.75) is 26.3 Å². The van der Waals surface area contributed by atoms with Crippen molar-refractivity contribution in [2.75, 3.05) is 13.1 Å². The van der Waals surface area contributed by atoms with Gasteiger partial charge in [-0.15, -0.1) is 0 Å². The molecule has 5 nitrogen and oxygen atoms in total. The van der Waals surface area contributed by atoms with Crippen LogP contribution in [-0.2, 0) is 24.2 Å². The molecule has 2 aromatic rings. The molecule has 25 heavy (non-hydrogen) atoms. The van der Waals surface area contributed by atoms with Gasteiger partial charge in [0, 0.05) is 44.0 Å². The number of pyridine rings is 1. The van der Waals surface area contributed by atoms with Crippen LogP contribution in [0.5, 0.6) is 0 Å². The number of carbonyl (C=O) groups is 2. The summed E-state index contributed by atoms with van der Waals surface area (Å²) in [5, 5.41) is 3.66. The Morgan fingerprint density at radius 2 is 2.00 bits per heavy atom. The maximum Gasteiger partial charge on any atom is 0.253 e. The summed E-state index contributed by atoms with van der Waals surface area (Å²) < 4.78 is 0. The van der Waals surface area contributed by atoms with Gasteiger partial charge in [-0.3, -0.25) is 14.6 Å². The number of carbonyl (C=O) groups excluding carboxylic acids is 2. The molecule has 1 aliphatic heterocycles. The van der Waals surface area contributed by atoms with E-state index in [2.05, 4.69) is 10.3 Å². The first-order chi connectivity index (χ1) is 12.0. The molecule has 2 amide bonds. The molecule has 0 aliphatic carbocycles. The number of fused-ring (bicyclic) bond motifs is 1. The van der Waals surface area contributed by atoms with E-state index in [0.29, 0.717) is 36.6 Å². The number of rotatable bonds is 4. The number of benzene rings is 1. The molecule has 0 bridgehead atoms. The molecule has 0 radical (unpaired) electrons. The van der Waals surface area contributed by atoms with Crippen LogP contribution in [0.15, 0.2) is 36.7 Å². The average Bonchev–Trinajstić information content (AvgIpc) is 2.62. The fourth-order valence-electron chi connectivity index (χ4n) is 3.02. The van der Waals surface area contributed by atoms with Gasteiger partial charge in [0.15, 0.2) is 0 Å². The Labute approximate surface area is 152 Å². The smallest absolute Gasteiger partial charge is 0.253 e. The topological polar surface area (TPSA) is 62.3 Å². The van der Waals surface area contributed by atoms with Gasteiger partial charge in [-0.25, -0.2) is 0 Å². The van der Waals surface area contributed by atoms with Gasteiger partial charge in [0.1, 0.15) is 0 Å². The zero-order valence-electron chi connectivity index (χ0n) is 14.1. The Kier molecular flexibility index (Phi) is 5.34. The van der Waals surface area contributed by atoms with Crippen LogP contribution in [0.2, 0.25) is 5.02 Å². The largest absolute Gasteiger partial charge is 0.352 e. The quantitative estimate of drug-likeness (QED) is 0.914. The molecule has 1 N–H and O–H groups in total. The number of halogens is 1. The van der Waals surface area contributed by atoms with E-state index in [1.807, 2.05) is 24.3 Å². The maximum absolute atomic E-state index is 12.5. The number of nitrogens with zero attached hydrogens (tertiary/aromatic N) is 2. The lowest BCUT2D eigenvalue weighted by atomic mass is 9.96. The van der Waals surface area contributed by atoms with Gasteiger partial charge in [-0.2, -0.15) is 0 Å². The van der Waals surface area contributed by atoms with E-state index >= 15 is 0 Å². The lowest BCUT2D eigenvalue weighted by molar-refractivity contribution is -0.129. The molecule has 0 saturated heterocycles. The molecule has 3 rings (SSSR count). The molecule has 2 heterocycles. The molecule has 1 aliphatic rings. The van der Waals surface area contributed by atoms with Crippen LogP contribution in [-0.4, -0.2) is 34.8 Å². The zero-order valence-corrected chi connectivity index (χ0v) is 14.8. The van der Waals surface area contributed by atoms with Crippen LogP contribution in [0.3, 0.4) is 0 Å². The molecule has 0 unspecified atom stereocenters. The monoisotopic (exact) mass is 357 g/mol. The Hall–Kier alpha value is -2.40. The first kappa shape index (κ1) is 17.4. The summed E-state index contributed by atoms with van der Waals surface area (Å²) in [7, 11) is 0. The number of hydrogen-bond acceptors (Lipinski definition) is 3. The third-order valence-electron chi connectivity index (χ3n) is 4.44. The second-order valence-corrected chi connectivity index (χ2v) is 6.58. The Morgan fingerprint density at radius 1 is 1.24 bits per heavy atom. The van der Waals surface area contributed by atoms with Crippen molar-refractivity contribution in [3.05, 3.63) is 63.9 Å². The van der Waals surface area contributed by atoms with E-state index in [9.17, 15) is 9.59 Å². The van der Waals surface area contributed by atoms with Crippen LogP contribution in [0, 0.1) is 0 Å². The molecule has 1 aromatic carbocycles. The van der Waals surface area contributed by atoms with Gasteiger partial charge in [-0.05, 0) is 41.7 Å². The normalized spacial score (nSPS) is 13.3. The maximum atomic E-state index is 12.5. The minimum Gasteiger partial charge on any atom is -0.352 e. The fourth-order valence-corrected chi connectivity index (χ4v) is 3.15. The Balaban J connectivity index is 1.64. The molecular weight excluding hydrogens is 338 g/mol. The number of amides is 2. The highest BCUT2D eigenvalue weighted by molar-refractivity contribution is 6.30. The molecule has 1 aromatic heterocycles. The van der Waals surface area contributed by atoms with Crippen molar-refractivity contribution < 1.29 is 9.59 Å². The lowest BCUT2D eigenvalue weighted by Gasteiger charge is -2.28. The number of hydrogen-bond donors (Lipinski definition) is 1. The van der Waals surface area contributed by atoms with E-state index in [-0.39, 0.29) is 11.8 Å². The standard InChI is InChI=1S/C19H20ClN3O2/c1-13(24)23-9-7-17-15(12-23)10-21-11-18(17)19(25)22-8-6-14-2-4-16(20)5-3-14/h2-5,10-11H,6-9,12H2,1H3,(H,22,25). The van der Waals surface area contributed by atoms with Gasteiger partial charge < -0.3 is 10.2 Å². The third kappa shape index (κ3) is 4.17. The summed E-state index contributed by atoms with van der Waals surface area (Å²) >= 11 is 5.87. The van der Waals surface area contributed by atoms with E-state index < -0.39 is 0 Å². The van der Waals surface area contributed by atoms with Gasteiger partial charge in [0.25, 0.3) is 5.91 Å². The summed E-state index contributed by atoms with van der Waals surface area (Å²) in [5.41, 5.74) is 3.68. The summed E-state index contributed by atoms with van der Waals surface area (Å²) in [6.45, 7) is 3.26. The SMILES string of the molecule is CC(=O)N1CCc2c(cncc2C(=O)NCCc2ccc(Cl)cc2)C1. The van der Waals surface area contributed by atoms with Gasteiger partial charge in [0.2, 0.25) is 5.91 Å². The molecule has 0 fully saturated rings. The summed E-state index contributed by atoms with van der Waals surface area (Å²) in [6, 6.07) is 7.60.